The quantitative estimate of drug-likeness (QED) is 0.772. The van der Waals surface area contributed by atoms with Crippen molar-refractivity contribution in [3.8, 4) is 6.07 Å². The van der Waals surface area contributed by atoms with Gasteiger partial charge < -0.3 is 9.80 Å². The van der Waals surface area contributed by atoms with Crippen LogP contribution < -0.4 is 0 Å². The Morgan fingerprint density at radius 3 is 2.83 bits per heavy atom. The van der Waals surface area contributed by atoms with Gasteiger partial charge in [0.25, 0.3) is 0 Å². The van der Waals surface area contributed by atoms with Crippen molar-refractivity contribution < 1.29 is 9.18 Å². The van der Waals surface area contributed by atoms with Crippen LogP contribution in [0.4, 0.5) is 4.39 Å². The highest BCUT2D eigenvalue weighted by Gasteiger charge is 2.32. The molecule has 3 heterocycles. The maximum Gasteiger partial charge on any atom is 0.222 e. The summed E-state index contributed by atoms with van der Waals surface area (Å²) >= 11 is 0. The predicted molar refractivity (Wildman–Crippen MR) is 114 cm³/mol. The third kappa shape index (κ3) is 4.17. The normalized spacial score (nSPS) is 23.5. The first kappa shape index (κ1) is 20.7. The maximum absolute atomic E-state index is 14.7. The van der Waals surface area contributed by atoms with Crippen LogP contribution in [0, 0.1) is 29.0 Å². The second-order valence-corrected chi connectivity index (χ2v) is 9.12. The van der Waals surface area contributed by atoms with E-state index in [1.54, 1.807) is 6.20 Å². The molecule has 158 valence electrons. The van der Waals surface area contributed by atoms with Crippen molar-refractivity contribution in [3.63, 3.8) is 0 Å². The molecule has 6 heteroatoms. The SMILES string of the molecule is CC1C[C@H](c2cc(F)c(C#N)c3ncccc23)CN(C(=O)CC2CCN(C)CC2)C1. The molecule has 4 rings (SSSR count). The van der Waals surface area contributed by atoms with E-state index in [1.165, 1.54) is 6.07 Å². The number of hydrogen-bond donors (Lipinski definition) is 0. The Hall–Kier alpha value is -2.52. The van der Waals surface area contributed by atoms with E-state index in [-0.39, 0.29) is 17.4 Å². The van der Waals surface area contributed by atoms with E-state index in [0.29, 0.717) is 30.3 Å². The summed E-state index contributed by atoms with van der Waals surface area (Å²) in [5.74, 6) is 0.542. The second-order valence-electron chi connectivity index (χ2n) is 9.12. The summed E-state index contributed by atoms with van der Waals surface area (Å²) in [5.41, 5.74) is 1.27. The van der Waals surface area contributed by atoms with Gasteiger partial charge in [-0.05, 0) is 68.9 Å². The lowest BCUT2D eigenvalue weighted by Gasteiger charge is -2.38. The number of fused-ring (bicyclic) bond motifs is 1. The van der Waals surface area contributed by atoms with E-state index in [9.17, 15) is 14.4 Å². The smallest absolute Gasteiger partial charge is 0.222 e. The molecule has 2 atom stereocenters. The number of nitriles is 1. The third-order valence-electron chi connectivity index (χ3n) is 6.74. The Balaban J connectivity index is 1.57. The van der Waals surface area contributed by atoms with Crippen LogP contribution in [0.5, 0.6) is 0 Å². The van der Waals surface area contributed by atoms with Gasteiger partial charge in [-0.15, -0.1) is 0 Å². The summed E-state index contributed by atoms with van der Waals surface area (Å²) in [6.45, 7) is 5.63. The van der Waals surface area contributed by atoms with Gasteiger partial charge in [-0.2, -0.15) is 5.26 Å². The Bertz CT molecular complexity index is 977. The molecule has 2 saturated heterocycles. The molecule has 2 fully saturated rings. The lowest BCUT2D eigenvalue weighted by molar-refractivity contribution is -0.134. The van der Waals surface area contributed by atoms with Crippen molar-refractivity contribution in [1.82, 2.24) is 14.8 Å². The second kappa shape index (κ2) is 8.69. The number of amides is 1. The molecule has 0 N–H and O–H groups in total. The van der Waals surface area contributed by atoms with E-state index in [0.717, 1.165) is 49.8 Å². The monoisotopic (exact) mass is 408 g/mol. The zero-order chi connectivity index (χ0) is 21.3. The molecule has 2 aromatic rings. The van der Waals surface area contributed by atoms with Gasteiger partial charge >= 0.3 is 0 Å². The number of rotatable bonds is 3. The van der Waals surface area contributed by atoms with E-state index in [4.69, 9.17) is 0 Å². The molecular formula is C24H29FN4O. The van der Waals surface area contributed by atoms with Crippen LogP contribution in [0.2, 0.25) is 0 Å². The molecule has 1 amide bonds. The van der Waals surface area contributed by atoms with Crippen molar-refractivity contribution in [1.29, 1.82) is 5.26 Å². The molecule has 0 radical (unpaired) electrons. The van der Waals surface area contributed by atoms with Crippen LogP contribution in [0.15, 0.2) is 24.4 Å². The number of pyridine rings is 1. The summed E-state index contributed by atoms with van der Waals surface area (Å²) < 4.78 is 14.7. The Kier molecular flexibility index (Phi) is 6.01. The van der Waals surface area contributed by atoms with Gasteiger partial charge in [-0.1, -0.05) is 13.0 Å². The fourth-order valence-electron chi connectivity index (χ4n) is 5.10. The molecule has 1 unspecified atom stereocenters. The van der Waals surface area contributed by atoms with E-state index in [1.807, 2.05) is 23.1 Å². The fraction of sp³-hybridized carbons (Fsp3) is 0.542. The van der Waals surface area contributed by atoms with Gasteiger partial charge in [0.05, 0.1) is 5.52 Å². The summed E-state index contributed by atoms with van der Waals surface area (Å²) in [6.07, 6.45) is 5.25. The van der Waals surface area contributed by atoms with Gasteiger partial charge in [0, 0.05) is 37.0 Å². The molecule has 5 nitrogen and oxygen atoms in total. The Morgan fingerprint density at radius 1 is 1.33 bits per heavy atom. The summed E-state index contributed by atoms with van der Waals surface area (Å²) in [7, 11) is 2.13. The highest BCUT2D eigenvalue weighted by atomic mass is 19.1. The van der Waals surface area contributed by atoms with Gasteiger partial charge in [-0.3, -0.25) is 9.78 Å². The maximum atomic E-state index is 14.7. The topological polar surface area (TPSA) is 60.2 Å². The number of likely N-dealkylation sites (tertiary alicyclic amines) is 2. The zero-order valence-corrected chi connectivity index (χ0v) is 17.8. The van der Waals surface area contributed by atoms with Gasteiger partial charge in [-0.25, -0.2) is 4.39 Å². The van der Waals surface area contributed by atoms with Gasteiger partial charge in [0.2, 0.25) is 5.91 Å². The lowest BCUT2D eigenvalue weighted by Crippen LogP contribution is -2.43. The minimum absolute atomic E-state index is 0.00610. The first-order valence-electron chi connectivity index (χ1n) is 10.9. The molecule has 30 heavy (non-hydrogen) atoms. The number of halogens is 1. The molecule has 2 aliphatic rings. The number of carbonyl (C=O) groups is 1. The number of hydrogen-bond acceptors (Lipinski definition) is 4. The highest BCUT2D eigenvalue weighted by Crippen LogP contribution is 2.36. The van der Waals surface area contributed by atoms with E-state index < -0.39 is 5.82 Å². The molecular weight excluding hydrogens is 379 g/mol. The molecule has 1 aromatic heterocycles. The number of nitrogens with zero attached hydrogens (tertiary/aromatic N) is 4. The summed E-state index contributed by atoms with van der Waals surface area (Å²) in [4.78, 5) is 21.7. The predicted octanol–water partition coefficient (Wildman–Crippen LogP) is 3.93. The zero-order valence-electron chi connectivity index (χ0n) is 17.8. The first-order valence-corrected chi connectivity index (χ1v) is 10.9. The van der Waals surface area contributed by atoms with Crippen LogP contribution in [0.3, 0.4) is 0 Å². The summed E-state index contributed by atoms with van der Waals surface area (Å²) in [5, 5.41) is 10.2. The molecule has 0 bridgehead atoms. The Labute approximate surface area is 177 Å². The lowest BCUT2D eigenvalue weighted by atomic mass is 9.82. The average Bonchev–Trinajstić information content (AvgIpc) is 2.74. The van der Waals surface area contributed by atoms with Crippen molar-refractivity contribution in [2.75, 3.05) is 33.2 Å². The van der Waals surface area contributed by atoms with Crippen LogP contribution in [0.1, 0.15) is 49.7 Å². The van der Waals surface area contributed by atoms with Crippen molar-refractivity contribution in [3.05, 3.63) is 41.3 Å². The first-order chi connectivity index (χ1) is 14.5. The van der Waals surface area contributed by atoms with Crippen LogP contribution in [-0.4, -0.2) is 53.9 Å². The summed E-state index contributed by atoms with van der Waals surface area (Å²) in [6, 6.07) is 7.16. The highest BCUT2D eigenvalue weighted by molar-refractivity contribution is 5.88. The third-order valence-corrected chi connectivity index (χ3v) is 6.74. The number of carbonyl (C=O) groups excluding carboxylic acids is 1. The minimum atomic E-state index is -0.527. The van der Waals surface area contributed by atoms with Crippen LogP contribution in [-0.2, 0) is 4.79 Å². The van der Waals surface area contributed by atoms with E-state index in [2.05, 4.69) is 23.9 Å². The van der Waals surface area contributed by atoms with Crippen LogP contribution >= 0.6 is 0 Å². The molecule has 0 spiro atoms. The standard InChI is InChI=1S/C24H29FN4O/c1-16-10-18(15-29(14-16)23(30)11-17-5-8-28(2)9-6-17)20-12-22(25)21(13-26)24-19(20)4-3-7-27-24/h3-4,7,12,16-18H,5-6,8-11,14-15H2,1-2H3/t16?,18-/m0/s1. The molecule has 0 saturated carbocycles. The Morgan fingerprint density at radius 2 is 2.10 bits per heavy atom. The fourth-order valence-corrected chi connectivity index (χ4v) is 5.10. The molecule has 2 aliphatic heterocycles. The largest absolute Gasteiger partial charge is 0.342 e. The van der Waals surface area contributed by atoms with Crippen molar-refractivity contribution >= 4 is 16.8 Å². The number of aromatic nitrogens is 1. The molecule has 1 aromatic carbocycles. The number of benzene rings is 1. The number of piperidine rings is 2. The van der Waals surface area contributed by atoms with Gasteiger partial charge in [0.1, 0.15) is 17.4 Å². The van der Waals surface area contributed by atoms with Gasteiger partial charge in [0.15, 0.2) is 0 Å². The van der Waals surface area contributed by atoms with E-state index >= 15 is 0 Å². The van der Waals surface area contributed by atoms with Crippen molar-refractivity contribution in [2.24, 2.45) is 11.8 Å². The molecule has 0 aliphatic carbocycles. The van der Waals surface area contributed by atoms with Crippen molar-refractivity contribution in [2.45, 2.75) is 38.5 Å². The minimum Gasteiger partial charge on any atom is -0.342 e. The van der Waals surface area contributed by atoms with Crippen LogP contribution in [0.25, 0.3) is 10.9 Å². The average molecular weight is 409 g/mol.